The summed E-state index contributed by atoms with van der Waals surface area (Å²) in [5.74, 6) is 0.641. The quantitative estimate of drug-likeness (QED) is 0.661. The molecule has 0 aromatic heterocycles. The van der Waals surface area contributed by atoms with Crippen LogP contribution in [0.2, 0.25) is 0 Å². The molecule has 20 heavy (non-hydrogen) atoms. The van der Waals surface area contributed by atoms with Gasteiger partial charge < -0.3 is 0 Å². The minimum absolute atomic E-state index is 0.641. The highest BCUT2D eigenvalue weighted by Gasteiger charge is 2.14. The molecule has 2 aliphatic carbocycles. The van der Waals surface area contributed by atoms with Crippen LogP contribution in [0.1, 0.15) is 31.4 Å². The molecule has 0 fully saturated rings. The molecule has 0 heterocycles. The van der Waals surface area contributed by atoms with Crippen molar-refractivity contribution in [3.63, 3.8) is 0 Å². The van der Waals surface area contributed by atoms with Gasteiger partial charge in [-0.05, 0) is 56.0 Å². The van der Waals surface area contributed by atoms with Gasteiger partial charge in [0.15, 0.2) is 0 Å². The minimum Gasteiger partial charge on any atom is -0.0648 e. The van der Waals surface area contributed by atoms with Crippen molar-refractivity contribution in [1.29, 1.82) is 0 Å². The fourth-order valence-corrected chi connectivity index (χ4v) is 3.26. The summed E-state index contributed by atoms with van der Waals surface area (Å²) in [5.41, 5.74) is 4.28. The number of hydrogen-bond acceptors (Lipinski definition) is 0. The van der Waals surface area contributed by atoms with Gasteiger partial charge >= 0.3 is 0 Å². The van der Waals surface area contributed by atoms with Crippen LogP contribution in [0.5, 0.6) is 0 Å². The third kappa shape index (κ3) is 1.54. The smallest absolute Gasteiger partial charge is 0.00929 e. The molecule has 1 atom stereocenters. The van der Waals surface area contributed by atoms with Gasteiger partial charge in [0, 0.05) is 0 Å². The summed E-state index contributed by atoms with van der Waals surface area (Å²) in [6.07, 6.45) is 8.29. The van der Waals surface area contributed by atoms with Crippen LogP contribution in [0.4, 0.5) is 0 Å². The molecule has 2 aromatic rings. The van der Waals surface area contributed by atoms with Crippen molar-refractivity contribution in [3.05, 3.63) is 74.0 Å². The molecule has 4 rings (SSSR count). The van der Waals surface area contributed by atoms with Gasteiger partial charge in [-0.2, -0.15) is 0 Å². The molecule has 0 amide bonds. The standard InChI is InChI=1S/C20H18/c1-3-13(2)16-10-15-8-9-18-17-7-5-4-6-14(17)11-20(18)19(15)12-16/h4-13H,3H2,1-2H3. The van der Waals surface area contributed by atoms with E-state index in [1.807, 2.05) is 0 Å². The predicted octanol–water partition coefficient (Wildman–Crippen LogP) is 3.34. The van der Waals surface area contributed by atoms with E-state index in [2.05, 4.69) is 68.5 Å². The monoisotopic (exact) mass is 258 g/mol. The Morgan fingerprint density at radius 2 is 1.65 bits per heavy atom. The minimum atomic E-state index is 0.641. The van der Waals surface area contributed by atoms with Crippen molar-refractivity contribution in [3.8, 4) is 0 Å². The zero-order valence-corrected chi connectivity index (χ0v) is 12.0. The molecule has 0 bridgehead atoms. The second-order valence-electron chi connectivity index (χ2n) is 5.86. The number of allylic oxidation sites excluding steroid dienone is 1. The summed E-state index contributed by atoms with van der Waals surface area (Å²) in [5, 5.41) is 5.48. The Balaban J connectivity index is 2.04. The van der Waals surface area contributed by atoms with E-state index in [0.717, 1.165) is 0 Å². The Morgan fingerprint density at radius 3 is 2.50 bits per heavy atom. The van der Waals surface area contributed by atoms with E-state index in [0.29, 0.717) is 5.92 Å². The Bertz CT molecular complexity index is 943. The van der Waals surface area contributed by atoms with Gasteiger partial charge in [-0.3, -0.25) is 0 Å². The molecule has 1 unspecified atom stereocenters. The topological polar surface area (TPSA) is 0 Å². The maximum absolute atomic E-state index is 2.39. The Kier molecular flexibility index (Phi) is 2.47. The number of fused-ring (bicyclic) bond motifs is 4. The number of rotatable bonds is 2. The lowest BCUT2D eigenvalue weighted by Crippen LogP contribution is -2.04. The van der Waals surface area contributed by atoms with Crippen LogP contribution in [0.15, 0.2) is 42.0 Å². The first-order valence-electron chi connectivity index (χ1n) is 7.45. The van der Waals surface area contributed by atoms with E-state index in [4.69, 9.17) is 0 Å². The molecule has 0 spiro atoms. The van der Waals surface area contributed by atoms with Gasteiger partial charge in [-0.1, -0.05) is 62.4 Å². The largest absolute Gasteiger partial charge is 0.0648 e. The third-order valence-corrected chi connectivity index (χ3v) is 4.69. The van der Waals surface area contributed by atoms with Crippen LogP contribution < -0.4 is 10.4 Å². The van der Waals surface area contributed by atoms with E-state index in [1.165, 1.54) is 44.0 Å². The van der Waals surface area contributed by atoms with Crippen molar-refractivity contribution in [2.75, 3.05) is 0 Å². The summed E-state index contributed by atoms with van der Waals surface area (Å²) in [6.45, 7) is 4.57. The molecule has 0 aliphatic heterocycles. The van der Waals surface area contributed by atoms with Gasteiger partial charge in [0.05, 0.1) is 0 Å². The van der Waals surface area contributed by atoms with Crippen LogP contribution in [-0.2, 0) is 0 Å². The van der Waals surface area contributed by atoms with Crippen molar-refractivity contribution >= 4 is 18.2 Å². The summed E-state index contributed by atoms with van der Waals surface area (Å²) in [7, 11) is 0. The van der Waals surface area contributed by atoms with E-state index >= 15 is 0 Å². The van der Waals surface area contributed by atoms with Crippen LogP contribution in [0.25, 0.3) is 18.2 Å². The Labute approximate surface area is 119 Å². The molecule has 2 aliphatic rings. The van der Waals surface area contributed by atoms with Crippen LogP contribution in [0, 0.1) is 16.4 Å². The maximum atomic E-state index is 2.39. The van der Waals surface area contributed by atoms with Crippen molar-refractivity contribution in [2.45, 2.75) is 20.3 Å². The lowest BCUT2D eigenvalue weighted by Gasteiger charge is -2.06. The Hall–Kier alpha value is -2.08. The van der Waals surface area contributed by atoms with E-state index in [9.17, 15) is 0 Å². The summed E-state index contributed by atoms with van der Waals surface area (Å²) >= 11 is 0. The summed E-state index contributed by atoms with van der Waals surface area (Å²) < 4.78 is 0. The zero-order chi connectivity index (χ0) is 13.7. The van der Waals surface area contributed by atoms with E-state index in [1.54, 1.807) is 0 Å². The summed E-state index contributed by atoms with van der Waals surface area (Å²) in [4.78, 5) is 0. The van der Waals surface area contributed by atoms with Crippen molar-refractivity contribution in [2.24, 2.45) is 5.92 Å². The summed E-state index contributed by atoms with van der Waals surface area (Å²) in [6, 6.07) is 13.2. The van der Waals surface area contributed by atoms with Crippen LogP contribution in [-0.4, -0.2) is 0 Å². The highest BCUT2D eigenvalue weighted by atomic mass is 14.2. The van der Waals surface area contributed by atoms with E-state index in [-0.39, 0.29) is 0 Å². The van der Waals surface area contributed by atoms with Gasteiger partial charge in [-0.15, -0.1) is 0 Å². The lowest BCUT2D eigenvalue weighted by atomic mass is 9.99. The van der Waals surface area contributed by atoms with Gasteiger partial charge in [0.1, 0.15) is 0 Å². The highest BCUT2D eigenvalue weighted by Crippen LogP contribution is 2.25. The molecule has 98 valence electrons. The second-order valence-corrected chi connectivity index (χ2v) is 5.86. The van der Waals surface area contributed by atoms with Crippen LogP contribution in [0.3, 0.4) is 0 Å². The average Bonchev–Trinajstić information content (AvgIpc) is 3.07. The second kappa shape index (κ2) is 4.21. The highest BCUT2D eigenvalue weighted by molar-refractivity contribution is 5.79. The first-order chi connectivity index (χ1) is 9.78. The molecule has 0 saturated carbocycles. The van der Waals surface area contributed by atoms with Crippen LogP contribution >= 0.6 is 0 Å². The molecule has 2 aromatic carbocycles. The lowest BCUT2D eigenvalue weighted by molar-refractivity contribution is 0.682. The van der Waals surface area contributed by atoms with Crippen molar-refractivity contribution < 1.29 is 0 Å². The number of hydrogen-bond donors (Lipinski definition) is 0. The first kappa shape index (κ1) is 11.7. The fraction of sp³-hybridized carbons (Fsp3) is 0.200. The van der Waals surface area contributed by atoms with E-state index < -0.39 is 0 Å². The average molecular weight is 258 g/mol. The third-order valence-electron chi connectivity index (χ3n) is 4.69. The normalized spacial score (nSPS) is 15.6. The molecule has 0 heteroatoms. The van der Waals surface area contributed by atoms with Gasteiger partial charge in [-0.25, -0.2) is 0 Å². The zero-order valence-electron chi connectivity index (χ0n) is 12.0. The fourth-order valence-electron chi connectivity index (χ4n) is 3.26. The first-order valence-corrected chi connectivity index (χ1v) is 7.45. The SMILES string of the molecule is CCC(C)C1=Cc2c3c(ccc2=C1)=c1ccccc1=C3. The predicted molar refractivity (Wildman–Crippen MR) is 85.3 cm³/mol. The molecular formula is C20H18. The molecule has 0 radical (unpaired) electrons. The van der Waals surface area contributed by atoms with Gasteiger partial charge in [0.2, 0.25) is 0 Å². The molecular weight excluding hydrogens is 240 g/mol. The molecule has 0 nitrogen and oxygen atoms in total. The van der Waals surface area contributed by atoms with Crippen molar-refractivity contribution in [1.82, 2.24) is 0 Å². The Morgan fingerprint density at radius 1 is 0.800 bits per heavy atom. The number of benzene rings is 2. The van der Waals surface area contributed by atoms with Gasteiger partial charge in [0.25, 0.3) is 0 Å². The molecule has 0 N–H and O–H groups in total. The molecule has 0 saturated heterocycles. The maximum Gasteiger partial charge on any atom is -0.00929 e.